The summed E-state index contributed by atoms with van der Waals surface area (Å²) in [6.07, 6.45) is 0. The Labute approximate surface area is 148 Å². The molecule has 0 radical (unpaired) electrons. The molecule has 6 nitrogen and oxygen atoms in total. The third kappa shape index (κ3) is 2.77. The molecule has 136 valence electrons. The highest BCUT2D eigenvalue weighted by molar-refractivity contribution is 6.11. The molecule has 1 unspecified atom stereocenters. The zero-order valence-corrected chi connectivity index (χ0v) is 14.4. The van der Waals surface area contributed by atoms with Gasteiger partial charge >= 0.3 is 6.03 Å². The lowest BCUT2D eigenvalue weighted by atomic mass is 9.91. The number of ketones is 1. The van der Waals surface area contributed by atoms with Crippen LogP contribution in [0.1, 0.15) is 34.2 Å². The Bertz CT molecular complexity index is 938. The van der Waals surface area contributed by atoms with Gasteiger partial charge in [0, 0.05) is 22.5 Å². The second-order valence-corrected chi connectivity index (χ2v) is 6.48. The van der Waals surface area contributed by atoms with Gasteiger partial charge < -0.3 is 10.3 Å². The van der Waals surface area contributed by atoms with Gasteiger partial charge in [0.15, 0.2) is 5.78 Å². The van der Waals surface area contributed by atoms with Crippen molar-refractivity contribution in [3.8, 4) is 0 Å². The third-order valence-electron chi connectivity index (χ3n) is 4.49. The first-order valence-corrected chi connectivity index (χ1v) is 7.92. The fraction of sp³-hybridized carbons (Fsp3) is 0.278. The normalized spacial score (nSPS) is 19.8. The summed E-state index contributed by atoms with van der Waals surface area (Å²) in [5, 5.41) is 2.36. The Morgan fingerprint density at radius 2 is 1.88 bits per heavy atom. The predicted molar refractivity (Wildman–Crippen MR) is 88.6 cm³/mol. The fourth-order valence-electron chi connectivity index (χ4n) is 3.15. The van der Waals surface area contributed by atoms with Crippen LogP contribution in [-0.4, -0.2) is 34.2 Å². The van der Waals surface area contributed by atoms with Gasteiger partial charge in [-0.15, -0.1) is 0 Å². The van der Waals surface area contributed by atoms with Crippen LogP contribution in [-0.2, 0) is 10.3 Å². The van der Waals surface area contributed by atoms with Crippen LogP contribution in [0.25, 0.3) is 0 Å². The largest absolute Gasteiger partial charge is 0.362 e. The summed E-state index contributed by atoms with van der Waals surface area (Å²) >= 11 is 0. The summed E-state index contributed by atoms with van der Waals surface area (Å²) in [5.74, 6) is -2.81. The zero-order valence-electron chi connectivity index (χ0n) is 14.4. The van der Waals surface area contributed by atoms with Crippen molar-refractivity contribution >= 4 is 17.7 Å². The molecular formula is C18H17F2N3O3. The molecule has 1 aromatic heterocycles. The van der Waals surface area contributed by atoms with Gasteiger partial charge in [0.05, 0.1) is 6.54 Å². The first-order chi connectivity index (χ1) is 12.1. The van der Waals surface area contributed by atoms with E-state index in [0.717, 1.165) is 23.9 Å². The second kappa shape index (κ2) is 6.05. The van der Waals surface area contributed by atoms with Crippen LogP contribution in [0.15, 0.2) is 24.3 Å². The van der Waals surface area contributed by atoms with Crippen molar-refractivity contribution in [2.75, 3.05) is 6.54 Å². The monoisotopic (exact) mass is 361 g/mol. The molecule has 26 heavy (non-hydrogen) atoms. The van der Waals surface area contributed by atoms with Crippen molar-refractivity contribution in [3.63, 3.8) is 0 Å². The number of imide groups is 1. The van der Waals surface area contributed by atoms with E-state index in [1.165, 1.54) is 6.92 Å². The Morgan fingerprint density at radius 3 is 2.50 bits per heavy atom. The number of halogens is 2. The predicted octanol–water partition coefficient (Wildman–Crippen LogP) is 2.56. The minimum Gasteiger partial charge on any atom is -0.362 e. The minimum atomic E-state index is -1.79. The van der Waals surface area contributed by atoms with Crippen molar-refractivity contribution in [2.24, 2.45) is 0 Å². The van der Waals surface area contributed by atoms with E-state index in [9.17, 15) is 23.2 Å². The minimum absolute atomic E-state index is 0.292. The maximum absolute atomic E-state index is 14.1. The van der Waals surface area contributed by atoms with Crippen LogP contribution >= 0.6 is 0 Å². The topological polar surface area (TPSA) is 82.3 Å². The Balaban J connectivity index is 1.90. The summed E-state index contributed by atoms with van der Waals surface area (Å²) in [6.45, 7) is 4.27. The van der Waals surface area contributed by atoms with Gasteiger partial charge in [-0.05, 0) is 45.0 Å². The number of aryl methyl sites for hydroxylation is 2. The molecule has 1 aromatic carbocycles. The quantitative estimate of drug-likeness (QED) is 0.649. The molecule has 0 saturated carbocycles. The number of H-pyrrole nitrogens is 1. The average Bonchev–Trinajstić information content (AvgIpc) is 3.01. The van der Waals surface area contributed by atoms with Crippen LogP contribution in [0, 0.1) is 25.5 Å². The molecule has 3 amide bonds. The molecule has 8 heteroatoms. The van der Waals surface area contributed by atoms with Gasteiger partial charge in [0.1, 0.15) is 17.2 Å². The zero-order chi connectivity index (χ0) is 19.2. The van der Waals surface area contributed by atoms with Crippen LogP contribution in [0.3, 0.4) is 0 Å². The van der Waals surface area contributed by atoms with Crippen LogP contribution in [0.5, 0.6) is 0 Å². The van der Waals surface area contributed by atoms with E-state index in [1.807, 2.05) is 0 Å². The molecule has 1 aliphatic rings. The summed E-state index contributed by atoms with van der Waals surface area (Å²) in [4.78, 5) is 41.2. The number of hydrogen-bond donors (Lipinski definition) is 2. The fourth-order valence-corrected chi connectivity index (χ4v) is 3.15. The second-order valence-electron chi connectivity index (χ2n) is 6.48. The maximum Gasteiger partial charge on any atom is 0.325 e. The van der Waals surface area contributed by atoms with Gasteiger partial charge in [0.25, 0.3) is 5.91 Å². The maximum atomic E-state index is 14.1. The number of benzene rings is 1. The number of rotatable bonds is 4. The van der Waals surface area contributed by atoms with Crippen molar-refractivity contribution in [1.29, 1.82) is 0 Å². The van der Waals surface area contributed by atoms with E-state index < -0.39 is 41.4 Å². The average molecular weight is 361 g/mol. The van der Waals surface area contributed by atoms with Crippen molar-refractivity contribution in [2.45, 2.75) is 26.3 Å². The number of aromatic amines is 1. The summed E-state index contributed by atoms with van der Waals surface area (Å²) in [7, 11) is 0. The molecule has 3 rings (SSSR count). The summed E-state index contributed by atoms with van der Waals surface area (Å²) < 4.78 is 27.6. The lowest BCUT2D eigenvalue weighted by Gasteiger charge is -2.22. The number of amides is 3. The third-order valence-corrected chi connectivity index (χ3v) is 4.49. The number of carbonyl (C=O) groups is 3. The smallest absolute Gasteiger partial charge is 0.325 e. The highest BCUT2D eigenvalue weighted by Gasteiger charge is 2.50. The number of urea groups is 1. The summed E-state index contributed by atoms with van der Waals surface area (Å²) in [5.41, 5.74) is -0.312. The first kappa shape index (κ1) is 17.8. The molecule has 1 fully saturated rings. The molecule has 2 aromatic rings. The van der Waals surface area contributed by atoms with E-state index in [2.05, 4.69) is 10.3 Å². The molecule has 2 N–H and O–H groups in total. The van der Waals surface area contributed by atoms with Crippen LogP contribution in [0.2, 0.25) is 0 Å². The number of nitrogens with one attached hydrogen (secondary N) is 2. The Morgan fingerprint density at radius 1 is 1.19 bits per heavy atom. The Hall–Kier alpha value is -3.03. The van der Waals surface area contributed by atoms with Crippen molar-refractivity contribution < 1.29 is 23.2 Å². The first-order valence-electron chi connectivity index (χ1n) is 7.92. The van der Waals surface area contributed by atoms with E-state index in [0.29, 0.717) is 16.2 Å². The molecule has 0 aliphatic carbocycles. The number of Topliss-reactive ketones (excluding diaryl/α,β-unsaturated/α-hetero) is 1. The number of hydrogen-bond acceptors (Lipinski definition) is 3. The van der Waals surface area contributed by atoms with E-state index in [4.69, 9.17) is 0 Å². The molecule has 1 atom stereocenters. The van der Waals surface area contributed by atoms with Crippen molar-refractivity contribution in [3.05, 3.63) is 58.4 Å². The number of aromatic nitrogens is 1. The standard InChI is InChI=1S/C18H17F2N3O3/c1-9-6-12(10(2)21-9)15(24)8-23-16(25)18(3,22-17(23)26)13-7-11(19)4-5-14(13)20/h4-7,21H,8H2,1-3H3,(H,22,26). The molecule has 0 spiro atoms. The molecule has 2 heterocycles. The number of nitrogens with zero attached hydrogens (tertiary/aromatic N) is 1. The molecule has 0 bridgehead atoms. The van der Waals surface area contributed by atoms with E-state index in [-0.39, 0.29) is 5.56 Å². The van der Waals surface area contributed by atoms with Gasteiger partial charge in [-0.3, -0.25) is 14.5 Å². The Kier molecular flexibility index (Phi) is 4.14. The summed E-state index contributed by atoms with van der Waals surface area (Å²) in [6, 6.07) is 3.45. The number of carbonyl (C=O) groups excluding carboxylic acids is 3. The van der Waals surface area contributed by atoms with Gasteiger partial charge in [-0.25, -0.2) is 13.6 Å². The van der Waals surface area contributed by atoms with Gasteiger partial charge in [-0.2, -0.15) is 0 Å². The highest BCUT2D eigenvalue weighted by Crippen LogP contribution is 2.31. The molecular weight excluding hydrogens is 344 g/mol. The van der Waals surface area contributed by atoms with Gasteiger partial charge in [-0.1, -0.05) is 0 Å². The lowest BCUT2D eigenvalue weighted by Crippen LogP contribution is -2.42. The SMILES string of the molecule is Cc1cc(C(=O)CN2C(=O)NC(C)(c3cc(F)ccc3F)C2=O)c(C)[nH]1. The van der Waals surface area contributed by atoms with Gasteiger partial charge in [0.2, 0.25) is 0 Å². The van der Waals surface area contributed by atoms with Crippen LogP contribution < -0.4 is 5.32 Å². The highest BCUT2D eigenvalue weighted by atomic mass is 19.1. The van der Waals surface area contributed by atoms with E-state index in [1.54, 1.807) is 19.9 Å². The lowest BCUT2D eigenvalue weighted by molar-refractivity contribution is -0.130. The molecule has 1 saturated heterocycles. The molecule has 1 aliphatic heterocycles. The van der Waals surface area contributed by atoms with Crippen molar-refractivity contribution in [1.82, 2.24) is 15.2 Å². The van der Waals surface area contributed by atoms with Crippen LogP contribution in [0.4, 0.5) is 13.6 Å². The van der Waals surface area contributed by atoms with E-state index >= 15 is 0 Å².